The van der Waals surface area contributed by atoms with Gasteiger partial charge in [-0.3, -0.25) is 9.59 Å². The van der Waals surface area contributed by atoms with Gasteiger partial charge in [-0.25, -0.2) is 0 Å². The molecule has 1 heterocycles. The van der Waals surface area contributed by atoms with E-state index in [0.717, 1.165) is 19.5 Å². The average Bonchev–Trinajstić information content (AvgIpc) is 2.93. The Morgan fingerprint density at radius 3 is 2.16 bits per heavy atom. The topological polar surface area (TPSA) is 67.9 Å². The van der Waals surface area contributed by atoms with Crippen LogP contribution in [0, 0.1) is 0 Å². The minimum absolute atomic E-state index is 0.220. The molecule has 0 aromatic rings. The Hall–Kier alpha value is -1.14. The van der Waals surface area contributed by atoms with Crippen LogP contribution in [0.5, 0.6) is 0 Å². The number of ether oxygens (including phenoxy) is 2. The van der Waals surface area contributed by atoms with E-state index in [9.17, 15) is 9.59 Å². The second-order valence-electron chi connectivity index (χ2n) is 4.75. The highest BCUT2D eigenvalue weighted by atomic mass is 16.5. The van der Waals surface area contributed by atoms with Crippen molar-refractivity contribution in [3.63, 3.8) is 0 Å². The van der Waals surface area contributed by atoms with Crippen LogP contribution in [0.2, 0.25) is 0 Å². The molecule has 1 fully saturated rings. The zero-order chi connectivity index (χ0) is 14.1. The van der Waals surface area contributed by atoms with E-state index >= 15 is 0 Å². The number of esters is 2. The molecule has 1 N–H and O–H groups in total. The van der Waals surface area contributed by atoms with Gasteiger partial charge in [0.15, 0.2) is 0 Å². The van der Waals surface area contributed by atoms with E-state index in [4.69, 9.17) is 0 Å². The van der Waals surface area contributed by atoms with Crippen LogP contribution in [0.25, 0.3) is 0 Å². The molecular weight excluding hydrogens is 248 g/mol. The van der Waals surface area contributed by atoms with Crippen molar-refractivity contribution in [1.82, 2.24) is 10.2 Å². The fraction of sp³-hybridized carbons (Fsp3) is 0.846. The van der Waals surface area contributed by atoms with Crippen molar-refractivity contribution in [2.75, 3.05) is 40.4 Å². The minimum atomic E-state index is -0.220. The van der Waals surface area contributed by atoms with Gasteiger partial charge in [0.25, 0.3) is 0 Å². The first-order valence-corrected chi connectivity index (χ1v) is 6.75. The molecule has 0 bridgehead atoms. The molecule has 1 atom stereocenters. The van der Waals surface area contributed by atoms with Crippen molar-refractivity contribution in [2.45, 2.75) is 31.7 Å². The maximum absolute atomic E-state index is 11.2. The smallest absolute Gasteiger partial charge is 0.306 e. The Bertz CT molecular complexity index is 270. The average molecular weight is 272 g/mol. The fourth-order valence-electron chi connectivity index (χ4n) is 2.22. The monoisotopic (exact) mass is 272 g/mol. The van der Waals surface area contributed by atoms with E-state index in [0.29, 0.717) is 32.0 Å². The Balaban J connectivity index is 2.36. The summed E-state index contributed by atoms with van der Waals surface area (Å²) in [5, 5.41) is 3.42. The van der Waals surface area contributed by atoms with Gasteiger partial charge in [-0.15, -0.1) is 0 Å². The quantitative estimate of drug-likeness (QED) is 0.635. The second-order valence-corrected chi connectivity index (χ2v) is 4.75. The maximum atomic E-state index is 11.2. The highest BCUT2D eigenvalue weighted by Gasteiger charge is 2.19. The third kappa shape index (κ3) is 6.54. The van der Waals surface area contributed by atoms with E-state index in [1.807, 2.05) is 0 Å². The molecule has 1 saturated heterocycles. The second kappa shape index (κ2) is 8.87. The normalized spacial score (nSPS) is 18.6. The van der Waals surface area contributed by atoms with E-state index in [-0.39, 0.29) is 11.9 Å². The molecule has 6 nitrogen and oxygen atoms in total. The summed E-state index contributed by atoms with van der Waals surface area (Å²) in [6, 6.07) is 0.454. The van der Waals surface area contributed by atoms with Gasteiger partial charge in [0.1, 0.15) is 0 Å². The fourth-order valence-corrected chi connectivity index (χ4v) is 2.22. The van der Waals surface area contributed by atoms with Gasteiger partial charge in [0.05, 0.1) is 27.1 Å². The molecule has 19 heavy (non-hydrogen) atoms. The van der Waals surface area contributed by atoms with Gasteiger partial charge in [0, 0.05) is 25.7 Å². The lowest BCUT2D eigenvalue weighted by molar-refractivity contribution is -0.141. The van der Waals surface area contributed by atoms with Crippen LogP contribution in [-0.2, 0) is 19.1 Å². The summed E-state index contributed by atoms with van der Waals surface area (Å²) in [5.74, 6) is -0.440. The molecule has 0 aliphatic carbocycles. The number of nitrogens with one attached hydrogen (secondary N) is 1. The molecule has 110 valence electrons. The van der Waals surface area contributed by atoms with Crippen LogP contribution in [-0.4, -0.2) is 63.3 Å². The maximum Gasteiger partial charge on any atom is 0.306 e. The predicted molar refractivity (Wildman–Crippen MR) is 70.7 cm³/mol. The van der Waals surface area contributed by atoms with Crippen molar-refractivity contribution < 1.29 is 19.1 Å². The van der Waals surface area contributed by atoms with Crippen LogP contribution in [0.3, 0.4) is 0 Å². The lowest BCUT2D eigenvalue weighted by Crippen LogP contribution is -2.39. The summed E-state index contributed by atoms with van der Waals surface area (Å²) in [5.41, 5.74) is 0. The molecule has 0 aromatic carbocycles. The van der Waals surface area contributed by atoms with Crippen molar-refractivity contribution in [2.24, 2.45) is 0 Å². The Morgan fingerprint density at radius 1 is 1.16 bits per heavy atom. The van der Waals surface area contributed by atoms with Crippen LogP contribution in [0.4, 0.5) is 0 Å². The van der Waals surface area contributed by atoms with E-state index < -0.39 is 0 Å². The predicted octanol–water partition coefficient (Wildman–Crippen LogP) is 0.167. The van der Waals surface area contributed by atoms with Gasteiger partial charge < -0.3 is 19.7 Å². The van der Waals surface area contributed by atoms with Crippen LogP contribution < -0.4 is 5.32 Å². The van der Waals surface area contributed by atoms with Gasteiger partial charge in [0.2, 0.25) is 0 Å². The first-order valence-electron chi connectivity index (χ1n) is 6.75. The molecule has 0 aromatic heterocycles. The number of carbonyl (C=O) groups is 2. The summed E-state index contributed by atoms with van der Waals surface area (Å²) in [7, 11) is 2.78. The summed E-state index contributed by atoms with van der Waals surface area (Å²) < 4.78 is 9.29. The van der Waals surface area contributed by atoms with Crippen molar-refractivity contribution in [3.8, 4) is 0 Å². The Kier molecular flexibility index (Phi) is 7.43. The third-order valence-electron chi connectivity index (χ3n) is 3.36. The summed E-state index contributed by atoms with van der Waals surface area (Å²) in [6.07, 6.45) is 3.04. The minimum Gasteiger partial charge on any atom is -0.469 e. The van der Waals surface area contributed by atoms with Crippen molar-refractivity contribution >= 4 is 11.9 Å². The molecule has 1 aliphatic heterocycles. The number of hydrogen-bond donors (Lipinski definition) is 1. The molecule has 1 rings (SSSR count). The van der Waals surface area contributed by atoms with E-state index in [2.05, 4.69) is 19.7 Å². The van der Waals surface area contributed by atoms with E-state index in [1.165, 1.54) is 20.6 Å². The summed E-state index contributed by atoms with van der Waals surface area (Å²) >= 11 is 0. The number of nitrogens with zero attached hydrogens (tertiary/aromatic N) is 1. The SMILES string of the molecule is COC(=O)CCN(CCC(=O)OC)C[C@@H]1CCCN1. The zero-order valence-electron chi connectivity index (χ0n) is 11.8. The number of rotatable bonds is 8. The number of hydrogen-bond acceptors (Lipinski definition) is 6. The molecule has 1 aliphatic rings. The molecule has 0 unspecified atom stereocenters. The summed E-state index contributed by atoms with van der Waals surface area (Å²) in [4.78, 5) is 24.5. The van der Waals surface area contributed by atoms with Crippen LogP contribution >= 0.6 is 0 Å². The lowest BCUT2D eigenvalue weighted by Gasteiger charge is -2.24. The Labute approximate surface area is 114 Å². The highest BCUT2D eigenvalue weighted by molar-refractivity contribution is 5.70. The first-order chi connectivity index (χ1) is 9.15. The van der Waals surface area contributed by atoms with E-state index in [1.54, 1.807) is 0 Å². The van der Waals surface area contributed by atoms with Gasteiger partial charge >= 0.3 is 11.9 Å². The standard InChI is InChI=1S/C13H24N2O4/c1-18-12(16)5-8-15(9-6-13(17)19-2)10-11-4-3-7-14-11/h11,14H,3-10H2,1-2H3/t11-/m0/s1. The van der Waals surface area contributed by atoms with Crippen LogP contribution in [0.1, 0.15) is 25.7 Å². The molecule has 0 spiro atoms. The summed E-state index contributed by atoms with van der Waals surface area (Å²) in [6.45, 7) is 3.13. The number of methoxy groups -OCH3 is 2. The highest BCUT2D eigenvalue weighted by Crippen LogP contribution is 2.08. The Morgan fingerprint density at radius 2 is 1.74 bits per heavy atom. The zero-order valence-corrected chi connectivity index (χ0v) is 11.8. The molecule has 0 radical (unpaired) electrons. The van der Waals surface area contributed by atoms with Gasteiger partial charge in [-0.05, 0) is 19.4 Å². The molecule has 0 saturated carbocycles. The molecular formula is C13H24N2O4. The van der Waals surface area contributed by atoms with Crippen molar-refractivity contribution in [1.29, 1.82) is 0 Å². The van der Waals surface area contributed by atoms with Crippen molar-refractivity contribution in [3.05, 3.63) is 0 Å². The largest absolute Gasteiger partial charge is 0.469 e. The van der Waals surface area contributed by atoms with Gasteiger partial charge in [-0.2, -0.15) is 0 Å². The third-order valence-corrected chi connectivity index (χ3v) is 3.36. The van der Waals surface area contributed by atoms with Crippen LogP contribution in [0.15, 0.2) is 0 Å². The first kappa shape index (κ1) is 15.9. The van der Waals surface area contributed by atoms with Gasteiger partial charge in [-0.1, -0.05) is 0 Å². The molecule has 0 amide bonds. The lowest BCUT2D eigenvalue weighted by atomic mass is 10.2. The molecule has 6 heteroatoms. The number of carbonyl (C=O) groups excluding carboxylic acids is 2.